The van der Waals surface area contributed by atoms with Gasteiger partial charge >= 0.3 is 0 Å². The predicted molar refractivity (Wildman–Crippen MR) is 114 cm³/mol. The topological polar surface area (TPSA) is 63.4 Å². The minimum absolute atomic E-state index is 0.0263. The molecule has 0 atom stereocenters. The van der Waals surface area contributed by atoms with Crippen molar-refractivity contribution in [2.75, 3.05) is 4.90 Å². The van der Waals surface area contributed by atoms with Gasteiger partial charge in [0.15, 0.2) is 0 Å². The van der Waals surface area contributed by atoms with E-state index in [0.29, 0.717) is 11.1 Å². The molecule has 0 spiro atoms. The third-order valence-corrected chi connectivity index (χ3v) is 4.85. The van der Waals surface area contributed by atoms with E-state index in [1.165, 1.54) is 24.3 Å². The molecule has 0 unspecified atom stereocenters. The van der Waals surface area contributed by atoms with Gasteiger partial charge < -0.3 is 4.90 Å². The first-order valence-corrected chi connectivity index (χ1v) is 9.31. The summed E-state index contributed by atoms with van der Waals surface area (Å²) >= 11 is 0. The third-order valence-electron chi connectivity index (χ3n) is 4.85. The average molecular weight is 400 g/mol. The largest absolute Gasteiger partial charge is 0.303 e. The van der Waals surface area contributed by atoms with Gasteiger partial charge in [0, 0.05) is 23.3 Å². The summed E-state index contributed by atoms with van der Waals surface area (Å²) in [4.78, 5) is 25.0. The summed E-state index contributed by atoms with van der Waals surface area (Å²) in [5.74, 6) is -0.497. The van der Waals surface area contributed by atoms with Gasteiger partial charge in [0.25, 0.3) is 11.6 Å². The summed E-state index contributed by atoms with van der Waals surface area (Å²) in [7, 11) is 0. The van der Waals surface area contributed by atoms with Crippen LogP contribution in [0, 0.1) is 15.9 Å². The molecule has 1 aliphatic heterocycles. The van der Waals surface area contributed by atoms with E-state index in [-0.39, 0.29) is 24.0 Å². The SMILES string of the molecule is O=C1/C(=C\C=C\c2ccc([N+](=O)[O-])cc2)c2ccccc2N1Cc1cccc(F)c1. The summed E-state index contributed by atoms with van der Waals surface area (Å²) in [6.45, 7) is 0.275. The molecule has 0 N–H and O–H groups in total. The van der Waals surface area contributed by atoms with Gasteiger partial charge in [-0.2, -0.15) is 0 Å². The molecular weight excluding hydrogens is 383 g/mol. The van der Waals surface area contributed by atoms with E-state index in [1.54, 1.807) is 47.4 Å². The van der Waals surface area contributed by atoms with Crippen LogP contribution in [0.5, 0.6) is 0 Å². The molecule has 5 nitrogen and oxygen atoms in total. The smallest absolute Gasteiger partial charge is 0.269 e. The lowest BCUT2D eigenvalue weighted by Crippen LogP contribution is -2.25. The normalized spacial score (nSPS) is 14.5. The molecule has 3 aromatic rings. The minimum atomic E-state index is -0.448. The summed E-state index contributed by atoms with van der Waals surface area (Å²) < 4.78 is 13.5. The summed E-state index contributed by atoms with van der Waals surface area (Å²) in [6.07, 6.45) is 5.26. The number of anilines is 1. The number of nitro benzene ring substituents is 1. The maximum Gasteiger partial charge on any atom is 0.269 e. The van der Waals surface area contributed by atoms with Crippen molar-refractivity contribution in [3.05, 3.63) is 118 Å². The maximum absolute atomic E-state index is 13.5. The zero-order valence-electron chi connectivity index (χ0n) is 15.9. The molecule has 148 valence electrons. The molecule has 4 rings (SSSR count). The number of fused-ring (bicyclic) bond motifs is 1. The first-order chi connectivity index (χ1) is 14.5. The molecule has 1 aliphatic rings. The molecule has 0 fully saturated rings. The van der Waals surface area contributed by atoms with Crippen LogP contribution in [0.25, 0.3) is 11.6 Å². The zero-order valence-corrected chi connectivity index (χ0v) is 15.9. The van der Waals surface area contributed by atoms with Gasteiger partial charge in [0.2, 0.25) is 0 Å². The third kappa shape index (κ3) is 3.89. The van der Waals surface area contributed by atoms with E-state index < -0.39 is 4.92 Å². The highest BCUT2D eigenvalue weighted by Crippen LogP contribution is 2.37. The number of amides is 1. The van der Waals surface area contributed by atoms with Gasteiger partial charge in [-0.05, 0) is 47.5 Å². The summed E-state index contributed by atoms with van der Waals surface area (Å²) in [6, 6.07) is 19.8. The molecule has 0 radical (unpaired) electrons. The highest BCUT2D eigenvalue weighted by Gasteiger charge is 2.31. The van der Waals surface area contributed by atoms with E-state index in [0.717, 1.165) is 16.8 Å². The van der Waals surface area contributed by atoms with Gasteiger partial charge in [0.1, 0.15) is 5.82 Å². The molecular formula is C24H17FN2O3. The number of carbonyl (C=O) groups is 1. The molecule has 0 saturated heterocycles. The number of nitro groups is 1. The second kappa shape index (κ2) is 8.13. The van der Waals surface area contributed by atoms with Crippen molar-refractivity contribution in [1.82, 2.24) is 0 Å². The van der Waals surface area contributed by atoms with Crippen LogP contribution in [0.4, 0.5) is 15.8 Å². The second-order valence-corrected chi connectivity index (χ2v) is 6.83. The Morgan fingerprint density at radius 1 is 1.00 bits per heavy atom. The molecule has 30 heavy (non-hydrogen) atoms. The highest BCUT2D eigenvalue weighted by atomic mass is 19.1. The van der Waals surface area contributed by atoms with Crippen molar-refractivity contribution >= 4 is 28.9 Å². The Kier molecular flexibility index (Phi) is 5.22. The van der Waals surface area contributed by atoms with Crippen LogP contribution in [-0.4, -0.2) is 10.8 Å². The van der Waals surface area contributed by atoms with Crippen molar-refractivity contribution in [1.29, 1.82) is 0 Å². The fourth-order valence-electron chi connectivity index (χ4n) is 3.41. The number of rotatable bonds is 5. The van der Waals surface area contributed by atoms with Crippen LogP contribution in [0.15, 0.2) is 84.9 Å². The lowest BCUT2D eigenvalue weighted by Gasteiger charge is -2.17. The molecule has 3 aromatic carbocycles. The standard InChI is InChI=1S/C24H17FN2O3/c25-19-7-3-6-18(15-19)16-26-23-10-2-1-8-21(23)22(24(26)28)9-4-5-17-11-13-20(14-12-17)27(29)30/h1-15H,16H2/b5-4+,22-9-. The number of allylic oxidation sites excluding steroid dienone is 2. The molecule has 0 saturated carbocycles. The lowest BCUT2D eigenvalue weighted by atomic mass is 10.1. The van der Waals surface area contributed by atoms with Crippen LogP contribution in [0.3, 0.4) is 0 Å². The number of non-ortho nitro benzene ring substituents is 1. The monoisotopic (exact) mass is 400 g/mol. The molecule has 6 heteroatoms. The van der Waals surface area contributed by atoms with Gasteiger partial charge in [-0.25, -0.2) is 4.39 Å². The Balaban J connectivity index is 1.60. The van der Waals surface area contributed by atoms with E-state index >= 15 is 0 Å². The zero-order chi connectivity index (χ0) is 21.1. The summed E-state index contributed by atoms with van der Waals surface area (Å²) in [5, 5.41) is 10.7. The Morgan fingerprint density at radius 2 is 1.77 bits per heavy atom. The average Bonchev–Trinajstić information content (AvgIpc) is 3.00. The Bertz CT molecular complexity index is 1180. The molecule has 0 aliphatic carbocycles. The number of hydrogen-bond acceptors (Lipinski definition) is 3. The Labute approximate surface area is 172 Å². The number of para-hydroxylation sites is 1. The first kappa shape index (κ1) is 19.3. The number of carbonyl (C=O) groups excluding carboxylic acids is 1. The second-order valence-electron chi connectivity index (χ2n) is 6.83. The van der Waals surface area contributed by atoms with E-state index in [2.05, 4.69) is 0 Å². The number of benzene rings is 3. The van der Waals surface area contributed by atoms with Crippen LogP contribution < -0.4 is 4.90 Å². The predicted octanol–water partition coefficient (Wildman–Crippen LogP) is 5.38. The van der Waals surface area contributed by atoms with E-state index in [1.807, 2.05) is 24.3 Å². The van der Waals surface area contributed by atoms with E-state index in [4.69, 9.17) is 0 Å². The van der Waals surface area contributed by atoms with Crippen LogP contribution in [-0.2, 0) is 11.3 Å². The number of nitrogens with zero attached hydrogens (tertiary/aromatic N) is 2. The molecule has 1 heterocycles. The summed E-state index contributed by atoms with van der Waals surface area (Å²) in [5.41, 5.74) is 3.65. The Morgan fingerprint density at radius 3 is 2.50 bits per heavy atom. The minimum Gasteiger partial charge on any atom is -0.303 e. The van der Waals surface area contributed by atoms with E-state index in [9.17, 15) is 19.3 Å². The highest BCUT2D eigenvalue weighted by molar-refractivity contribution is 6.32. The van der Waals surface area contributed by atoms with Crippen LogP contribution in [0.1, 0.15) is 16.7 Å². The molecule has 1 amide bonds. The van der Waals surface area contributed by atoms with Gasteiger partial charge in [0.05, 0.1) is 17.2 Å². The Hall–Kier alpha value is -4.06. The van der Waals surface area contributed by atoms with Crippen molar-refractivity contribution in [2.45, 2.75) is 6.54 Å². The fourth-order valence-corrected chi connectivity index (χ4v) is 3.41. The van der Waals surface area contributed by atoms with Gasteiger partial charge in [-0.1, -0.05) is 42.5 Å². The maximum atomic E-state index is 13.5. The van der Waals surface area contributed by atoms with Crippen LogP contribution in [0.2, 0.25) is 0 Å². The van der Waals surface area contributed by atoms with Crippen molar-refractivity contribution < 1.29 is 14.1 Å². The number of hydrogen-bond donors (Lipinski definition) is 0. The van der Waals surface area contributed by atoms with Gasteiger partial charge in [-0.15, -0.1) is 0 Å². The quantitative estimate of drug-likeness (QED) is 0.328. The number of halogens is 1. The molecule has 0 aromatic heterocycles. The first-order valence-electron chi connectivity index (χ1n) is 9.31. The van der Waals surface area contributed by atoms with Crippen molar-refractivity contribution in [3.8, 4) is 0 Å². The van der Waals surface area contributed by atoms with Gasteiger partial charge in [-0.3, -0.25) is 14.9 Å². The fraction of sp³-hybridized carbons (Fsp3) is 0.0417. The van der Waals surface area contributed by atoms with Crippen molar-refractivity contribution in [3.63, 3.8) is 0 Å². The van der Waals surface area contributed by atoms with Crippen molar-refractivity contribution in [2.24, 2.45) is 0 Å². The lowest BCUT2D eigenvalue weighted by molar-refractivity contribution is -0.384. The van der Waals surface area contributed by atoms with Crippen LogP contribution >= 0.6 is 0 Å². The molecule has 0 bridgehead atoms.